The Bertz CT molecular complexity index is 667. The summed E-state index contributed by atoms with van der Waals surface area (Å²) in [6, 6.07) is 5.48. The van der Waals surface area contributed by atoms with Gasteiger partial charge in [0.05, 0.1) is 32.4 Å². The van der Waals surface area contributed by atoms with Gasteiger partial charge in [0, 0.05) is 17.6 Å². The Balaban J connectivity index is 2.30. The number of aromatic nitrogens is 2. The van der Waals surface area contributed by atoms with Crippen molar-refractivity contribution in [1.29, 1.82) is 0 Å². The van der Waals surface area contributed by atoms with Gasteiger partial charge in [-0.05, 0) is 53.0 Å². The molecule has 2 rings (SSSR count). The van der Waals surface area contributed by atoms with E-state index < -0.39 is 10.8 Å². The molecule has 0 bridgehead atoms. The van der Waals surface area contributed by atoms with E-state index in [1.807, 2.05) is 26.1 Å². The summed E-state index contributed by atoms with van der Waals surface area (Å²) >= 11 is 3.56. The smallest absolute Gasteiger partial charge is 0.0767 e. The van der Waals surface area contributed by atoms with Crippen LogP contribution in [0.25, 0.3) is 0 Å². The molecule has 108 valence electrons. The molecule has 1 atom stereocenters. The Hall–Kier alpha value is -1.14. The lowest BCUT2D eigenvalue weighted by Crippen LogP contribution is -2.05. The molecule has 2 aromatic rings. The highest BCUT2D eigenvalue weighted by atomic mass is 79.9. The van der Waals surface area contributed by atoms with Crippen LogP contribution in [-0.4, -0.2) is 14.0 Å². The molecule has 0 saturated heterocycles. The van der Waals surface area contributed by atoms with Crippen LogP contribution in [-0.2, 0) is 30.0 Å². The van der Waals surface area contributed by atoms with E-state index in [-0.39, 0.29) is 0 Å². The van der Waals surface area contributed by atoms with Crippen molar-refractivity contribution in [2.75, 3.05) is 5.73 Å². The van der Waals surface area contributed by atoms with E-state index in [9.17, 15) is 4.21 Å². The average molecular weight is 356 g/mol. The zero-order valence-corrected chi connectivity index (χ0v) is 14.2. The summed E-state index contributed by atoms with van der Waals surface area (Å²) in [5, 5.41) is 4.43. The fraction of sp³-hybridized carbons (Fsp3) is 0.357. The van der Waals surface area contributed by atoms with E-state index in [0.717, 1.165) is 32.7 Å². The molecule has 1 unspecified atom stereocenters. The summed E-state index contributed by atoms with van der Waals surface area (Å²) in [5.74, 6) is 0.439. The van der Waals surface area contributed by atoms with Gasteiger partial charge < -0.3 is 5.73 Å². The number of hydrogen-bond acceptors (Lipinski definition) is 3. The molecule has 2 N–H and O–H groups in total. The molecule has 0 aliphatic rings. The standard InChI is InChI=1S/C14H18BrN3OS/c1-4-11-14(15)12(18(3)17-11)8-20(19)13-6-5-10(16)7-9(13)2/h5-7H,4,8,16H2,1-3H3. The minimum absolute atomic E-state index is 0.439. The Morgan fingerprint density at radius 2 is 2.15 bits per heavy atom. The molecular formula is C14H18BrN3OS. The zero-order valence-electron chi connectivity index (χ0n) is 11.8. The third-order valence-electron chi connectivity index (χ3n) is 3.22. The van der Waals surface area contributed by atoms with Crippen LogP contribution in [0.1, 0.15) is 23.9 Å². The van der Waals surface area contributed by atoms with E-state index in [4.69, 9.17) is 5.73 Å². The van der Waals surface area contributed by atoms with Gasteiger partial charge in [-0.2, -0.15) is 5.10 Å². The van der Waals surface area contributed by atoms with Crippen LogP contribution in [0.15, 0.2) is 27.6 Å². The molecular weight excluding hydrogens is 338 g/mol. The first-order valence-corrected chi connectivity index (χ1v) is 8.50. The topological polar surface area (TPSA) is 60.9 Å². The molecule has 0 spiro atoms. The van der Waals surface area contributed by atoms with E-state index in [1.54, 1.807) is 10.7 Å². The number of nitrogen functional groups attached to an aromatic ring is 1. The third-order valence-corrected chi connectivity index (χ3v) is 5.61. The largest absolute Gasteiger partial charge is 0.399 e. The molecule has 6 heteroatoms. The molecule has 0 saturated carbocycles. The molecule has 1 aromatic heterocycles. The molecule has 1 heterocycles. The fourth-order valence-electron chi connectivity index (χ4n) is 2.11. The first-order valence-electron chi connectivity index (χ1n) is 6.38. The quantitative estimate of drug-likeness (QED) is 0.857. The summed E-state index contributed by atoms with van der Waals surface area (Å²) in [5.41, 5.74) is 9.33. The Labute approximate surface area is 130 Å². The Morgan fingerprint density at radius 3 is 2.70 bits per heavy atom. The third kappa shape index (κ3) is 2.96. The van der Waals surface area contributed by atoms with Gasteiger partial charge in [-0.1, -0.05) is 6.92 Å². The normalized spacial score (nSPS) is 12.6. The number of rotatable bonds is 4. The van der Waals surface area contributed by atoms with Gasteiger partial charge in [0.15, 0.2) is 0 Å². The fourth-order valence-corrected chi connectivity index (χ4v) is 4.42. The van der Waals surface area contributed by atoms with Gasteiger partial charge in [-0.25, -0.2) is 0 Å². The number of anilines is 1. The van der Waals surface area contributed by atoms with Crippen LogP contribution in [0.4, 0.5) is 5.69 Å². The zero-order chi connectivity index (χ0) is 14.9. The van der Waals surface area contributed by atoms with Crippen LogP contribution in [0.3, 0.4) is 0 Å². The molecule has 0 aliphatic carbocycles. The number of nitrogens with two attached hydrogens (primary N) is 1. The van der Waals surface area contributed by atoms with Crippen molar-refractivity contribution < 1.29 is 4.21 Å². The van der Waals surface area contributed by atoms with Gasteiger partial charge in [0.2, 0.25) is 0 Å². The van der Waals surface area contributed by atoms with Crippen LogP contribution < -0.4 is 5.73 Å². The maximum Gasteiger partial charge on any atom is 0.0767 e. The van der Waals surface area contributed by atoms with Crippen LogP contribution in [0, 0.1) is 6.92 Å². The first-order chi connectivity index (χ1) is 9.43. The number of benzene rings is 1. The SMILES string of the molecule is CCc1nn(C)c(CS(=O)c2ccc(N)cc2C)c1Br. The monoisotopic (exact) mass is 355 g/mol. The molecule has 0 aliphatic heterocycles. The predicted octanol–water partition coefficient (Wildman–Crippen LogP) is 2.94. The van der Waals surface area contributed by atoms with Gasteiger partial charge in [-0.3, -0.25) is 8.89 Å². The predicted molar refractivity (Wildman–Crippen MR) is 86.0 cm³/mol. The lowest BCUT2D eigenvalue weighted by atomic mass is 10.2. The highest BCUT2D eigenvalue weighted by Crippen LogP contribution is 2.25. The lowest BCUT2D eigenvalue weighted by molar-refractivity contribution is 0.675. The summed E-state index contributed by atoms with van der Waals surface area (Å²) in [6.45, 7) is 3.98. The second-order valence-corrected chi connectivity index (χ2v) is 6.91. The lowest BCUT2D eigenvalue weighted by Gasteiger charge is -2.07. The molecule has 20 heavy (non-hydrogen) atoms. The maximum absolute atomic E-state index is 12.6. The van der Waals surface area contributed by atoms with Gasteiger partial charge >= 0.3 is 0 Å². The minimum atomic E-state index is -1.11. The van der Waals surface area contributed by atoms with Crippen LogP contribution in [0.5, 0.6) is 0 Å². The molecule has 0 radical (unpaired) electrons. The highest BCUT2D eigenvalue weighted by Gasteiger charge is 2.17. The number of nitrogens with zero attached hydrogens (tertiary/aromatic N) is 2. The Morgan fingerprint density at radius 1 is 1.45 bits per heavy atom. The van der Waals surface area contributed by atoms with Gasteiger partial charge in [0.25, 0.3) is 0 Å². The van der Waals surface area contributed by atoms with E-state index >= 15 is 0 Å². The molecule has 0 fully saturated rings. The summed E-state index contributed by atoms with van der Waals surface area (Å²) in [6.07, 6.45) is 0.849. The second kappa shape index (κ2) is 6.10. The molecule has 1 aromatic carbocycles. The van der Waals surface area contributed by atoms with Crippen molar-refractivity contribution in [3.05, 3.63) is 39.6 Å². The number of aryl methyl sites for hydroxylation is 3. The number of hydrogen-bond donors (Lipinski definition) is 1. The van der Waals surface area contributed by atoms with Crippen molar-refractivity contribution in [1.82, 2.24) is 9.78 Å². The van der Waals surface area contributed by atoms with Crippen molar-refractivity contribution in [3.63, 3.8) is 0 Å². The van der Waals surface area contributed by atoms with E-state index in [0.29, 0.717) is 11.4 Å². The summed E-state index contributed by atoms with van der Waals surface area (Å²) in [7, 11) is 0.771. The van der Waals surface area contributed by atoms with E-state index in [2.05, 4.69) is 28.0 Å². The highest BCUT2D eigenvalue weighted by molar-refractivity contribution is 9.10. The van der Waals surface area contributed by atoms with Crippen molar-refractivity contribution >= 4 is 32.4 Å². The van der Waals surface area contributed by atoms with Crippen molar-refractivity contribution in [2.24, 2.45) is 7.05 Å². The maximum atomic E-state index is 12.6. The van der Waals surface area contributed by atoms with Crippen molar-refractivity contribution in [3.8, 4) is 0 Å². The average Bonchev–Trinajstić information content (AvgIpc) is 2.66. The van der Waals surface area contributed by atoms with E-state index in [1.165, 1.54) is 0 Å². The summed E-state index contributed by atoms with van der Waals surface area (Å²) in [4.78, 5) is 0.824. The minimum Gasteiger partial charge on any atom is -0.399 e. The van der Waals surface area contributed by atoms with Crippen molar-refractivity contribution in [2.45, 2.75) is 30.9 Å². The second-order valence-electron chi connectivity index (χ2n) is 4.70. The van der Waals surface area contributed by atoms with Gasteiger partial charge in [0.1, 0.15) is 0 Å². The molecule has 4 nitrogen and oxygen atoms in total. The molecule has 0 amide bonds. The summed E-state index contributed by atoms with van der Waals surface area (Å²) < 4.78 is 15.3. The Kier molecular flexibility index (Phi) is 4.65. The first kappa shape index (κ1) is 15.3. The van der Waals surface area contributed by atoms with Crippen LogP contribution >= 0.6 is 15.9 Å². The number of halogens is 1. The van der Waals surface area contributed by atoms with Crippen LogP contribution in [0.2, 0.25) is 0 Å². The van der Waals surface area contributed by atoms with Gasteiger partial charge in [-0.15, -0.1) is 0 Å².